The van der Waals surface area contributed by atoms with Crippen LogP contribution in [-0.4, -0.2) is 54.9 Å². The Hall–Kier alpha value is -4.38. The summed E-state index contributed by atoms with van der Waals surface area (Å²) in [5.41, 5.74) is 0.216. The number of pyridine rings is 1. The van der Waals surface area contributed by atoms with Crippen molar-refractivity contribution in [2.45, 2.75) is 122 Å². The number of benzene rings is 2. The van der Waals surface area contributed by atoms with Crippen molar-refractivity contribution in [2.75, 3.05) is 0 Å². The third-order valence-corrected chi connectivity index (χ3v) is 10.9. The fraction of sp³-hybridized carbons (Fsp3) is 0.525. The van der Waals surface area contributed by atoms with Gasteiger partial charge in [-0.1, -0.05) is 6.07 Å². The van der Waals surface area contributed by atoms with E-state index >= 15 is 0 Å². The molecule has 2 bridgehead atoms. The van der Waals surface area contributed by atoms with Crippen molar-refractivity contribution in [1.29, 1.82) is 0 Å². The van der Waals surface area contributed by atoms with Crippen LogP contribution in [0.2, 0.25) is 0 Å². The molecule has 2 aromatic carbocycles. The molecule has 1 heterocycles. The van der Waals surface area contributed by atoms with Gasteiger partial charge >= 0.3 is 6.09 Å². The smallest absolute Gasteiger partial charge is 0.408 e. The van der Waals surface area contributed by atoms with E-state index in [1.54, 1.807) is 53.1 Å². The molecule has 0 saturated heterocycles. The van der Waals surface area contributed by atoms with Crippen molar-refractivity contribution >= 4 is 12.0 Å². The van der Waals surface area contributed by atoms with Gasteiger partial charge in [-0.3, -0.25) is 14.5 Å². The van der Waals surface area contributed by atoms with E-state index in [2.05, 4.69) is 5.32 Å². The van der Waals surface area contributed by atoms with Gasteiger partial charge in [0.1, 0.15) is 23.1 Å². The summed E-state index contributed by atoms with van der Waals surface area (Å²) >= 11 is 0. The van der Waals surface area contributed by atoms with Crippen LogP contribution in [-0.2, 0) is 17.4 Å². The minimum atomic E-state index is -1.16. The highest BCUT2D eigenvalue weighted by Gasteiger charge is 2.75. The van der Waals surface area contributed by atoms with Crippen molar-refractivity contribution in [3.8, 4) is 28.4 Å². The zero-order chi connectivity index (χ0) is 37.3. The first kappa shape index (κ1) is 36.4. The normalized spacial score (nSPS) is 24.2. The van der Waals surface area contributed by atoms with Gasteiger partial charge in [0, 0.05) is 47.6 Å². The zero-order valence-corrected chi connectivity index (χ0v) is 30.9. The van der Waals surface area contributed by atoms with Crippen LogP contribution in [0.5, 0.6) is 17.2 Å². The molecule has 0 aliphatic heterocycles. The number of hydrogen-bond acceptors (Lipinski definition) is 6. The fourth-order valence-corrected chi connectivity index (χ4v) is 8.55. The molecule has 0 atom stereocenters. The zero-order valence-electron chi connectivity index (χ0n) is 30.9. The number of carboxylic acid groups (broad SMARTS) is 1. The number of ether oxygens (including phenoxy) is 2. The van der Waals surface area contributed by atoms with Crippen LogP contribution in [0.3, 0.4) is 0 Å². The molecule has 10 nitrogen and oxygen atoms in total. The standard InChI is InChI=1S/C40H50FN3O7/c1-23-15-26(41)16-24(2)34(23)51-31-14-9-25(38(6,7)49)17-29(31)30-19-43(8)33(45)18-32(30)50-28-12-10-27(11-13-28)42-35(46)39-20-40(21-39,22-39)44(36(47)48)37(3,4)5/h9,14-19,27-28,49H,10-13,20-22H2,1-8H3,(H,42,46)(H,47,48). The monoisotopic (exact) mass is 703 g/mol. The van der Waals surface area contributed by atoms with Crippen LogP contribution >= 0.6 is 0 Å². The second kappa shape index (κ2) is 12.7. The second-order valence-corrected chi connectivity index (χ2v) is 16.6. The van der Waals surface area contributed by atoms with Crippen molar-refractivity contribution in [3.05, 3.63) is 75.5 Å². The molecule has 7 rings (SSSR count). The lowest BCUT2D eigenvalue weighted by Gasteiger charge is -2.73. The molecule has 4 aliphatic rings. The maximum absolute atomic E-state index is 14.1. The second-order valence-electron chi connectivity index (χ2n) is 16.6. The van der Waals surface area contributed by atoms with Crippen molar-refractivity contribution in [2.24, 2.45) is 12.5 Å². The Labute approximate surface area is 298 Å². The molecule has 0 spiro atoms. The van der Waals surface area contributed by atoms with Gasteiger partial charge < -0.3 is 29.6 Å². The lowest BCUT2D eigenvalue weighted by Crippen LogP contribution is -2.81. The minimum absolute atomic E-state index is 0.00711. The first-order chi connectivity index (χ1) is 23.7. The molecule has 4 aliphatic carbocycles. The molecule has 11 heteroatoms. The van der Waals surface area contributed by atoms with Gasteiger partial charge in [-0.2, -0.15) is 0 Å². The van der Waals surface area contributed by atoms with Gasteiger partial charge in [0.25, 0.3) is 5.56 Å². The van der Waals surface area contributed by atoms with Crippen molar-refractivity contribution in [1.82, 2.24) is 14.8 Å². The highest BCUT2D eigenvalue weighted by molar-refractivity contribution is 5.88. The Morgan fingerprint density at radius 2 is 1.55 bits per heavy atom. The van der Waals surface area contributed by atoms with E-state index in [4.69, 9.17) is 9.47 Å². The number of amides is 2. The van der Waals surface area contributed by atoms with E-state index in [0.29, 0.717) is 90.0 Å². The Kier molecular flexibility index (Phi) is 9.06. The summed E-state index contributed by atoms with van der Waals surface area (Å²) in [6, 6.07) is 9.66. The number of carbonyl (C=O) groups is 2. The highest BCUT2D eigenvalue weighted by atomic mass is 19.1. The summed E-state index contributed by atoms with van der Waals surface area (Å²) in [5.74, 6) is 1.02. The van der Waals surface area contributed by atoms with Gasteiger partial charge in [-0.25, -0.2) is 9.18 Å². The van der Waals surface area contributed by atoms with Crippen LogP contribution in [0.4, 0.5) is 9.18 Å². The fourth-order valence-electron chi connectivity index (χ4n) is 8.55. The van der Waals surface area contributed by atoms with Gasteiger partial charge in [0.2, 0.25) is 5.91 Å². The lowest BCUT2D eigenvalue weighted by atomic mass is 9.38. The van der Waals surface area contributed by atoms with Crippen LogP contribution in [0.15, 0.2) is 47.4 Å². The third kappa shape index (κ3) is 6.84. The van der Waals surface area contributed by atoms with Crippen LogP contribution in [0.1, 0.15) is 96.3 Å². The van der Waals surface area contributed by atoms with E-state index in [1.165, 1.54) is 27.7 Å². The van der Waals surface area contributed by atoms with Crippen LogP contribution < -0.4 is 20.3 Å². The van der Waals surface area contributed by atoms with E-state index < -0.39 is 28.2 Å². The molecule has 1 aromatic heterocycles. The van der Waals surface area contributed by atoms with Crippen molar-refractivity contribution < 1.29 is 33.7 Å². The van der Waals surface area contributed by atoms with Gasteiger partial charge in [-0.15, -0.1) is 0 Å². The minimum Gasteiger partial charge on any atom is -0.490 e. The molecule has 0 unspecified atom stereocenters. The number of nitrogens with one attached hydrogen (secondary N) is 1. The number of carbonyl (C=O) groups excluding carboxylic acids is 1. The van der Waals surface area contributed by atoms with E-state index in [-0.39, 0.29) is 29.4 Å². The molecule has 4 saturated carbocycles. The summed E-state index contributed by atoms with van der Waals surface area (Å²) in [6.45, 7) is 12.6. The van der Waals surface area contributed by atoms with E-state index in [0.717, 1.165) is 0 Å². The van der Waals surface area contributed by atoms with Crippen LogP contribution in [0, 0.1) is 25.1 Å². The van der Waals surface area contributed by atoms with Gasteiger partial charge in [0.05, 0.1) is 17.1 Å². The quantitative estimate of drug-likeness (QED) is 0.213. The topological polar surface area (TPSA) is 130 Å². The molecule has 4 fully saturated rings. The molecule has 0 radical (unpaired) electrons. The number of nitrogens with zero attached hydrogens (tertiary/aromatic N) is 2. The molecule has 274 valence electrons. The largest absolute Gasteiger partial charge is 0.490 e. The van der Waals surface area contributed by atoms with Gasteiger partial charge in [-0.05, 0) is 134 Å². The SMILES string of the molecule is Cc1cc(F)cc(C)c1Oc1ccc(C(C)(C)O)cc1-c1cn(C)c(=O)cc1OC1CCC(NC(=O)C23CC(N(C(=O)O)C(C)(C)C)(C2)C3)CC1. The summed E-state index contributed by atoms with van der Waals surface area (Å²) in [4.78, 5) is 39.9. The molecule has 3 N–H and O–H groups in total. The first-order valence-corrected chi connectivity index (χ1v) is 17.7. The Morgan fingerprint density at radius 3 is 2.10 bits per heavy atom. The number of hydrogen-bond donors (Lipinski definition) is 3. The Bertz CT molecular complexity index is 1890. The number of aryl methyl sites for hydroxylation is 3. The number of aromatic nitrogens is 1. The van der Waals surface area contributed by atoms with E-state index in [1.807, 2.05) is 26.8 Å². The lowest BCUT2D eigenvalue weighted by molar-refractivity contribution is -0.224. The Morgan fingerprint density at radius 1 is 0.941 bits per heavy atom. The average Bonchev–Trinajstić information content (AvgIpc) is 2.97. The number of halogens is 1. The molecular formula is C40H50FN3O7. The predicted molar refractivity (Wildman–Crippen MR) is 192 cm³/mol. The maximum Gasteiger partial charge on any atom is 0.408 e. The summed E-state index contributed by atoms with van der Waals surface area (Å²) in [6.07, 6.45) is 4.94. The highest BCUT2D eigenvalue weighted by Crippen LogP contribution is 2.71. The maximum atomic E-state index is 14.1. The molecule has 51 heavy (non-hydrogen) atoms. The summed E-state index contributed by atoms with van der Waals surface area (Å²) in [5, 5.41) is 24.0. The Balaban J connectivity index is 1.18. The molecule has 2 amide bonds. The molecular weight excluding hydrogens is 653 g/mol. The number of aliphatic hydroxyl groups is 1. The predicted octanol–water partition coefficient (Wildman–Crippen LogP) is 7.34. The van der Waals surface area contributed by atoms with Gasteiger partial charge in [0.15, 0.2) is 0 Å². The first-order valence-electron chi connectivity index (χ1n) is 17.7. The summed E-state index contributed by atoms with van der Waals surface area (Å²) in [7, 11) is 1.66. The van der Waals surface area contributed by atoms with E-state index in [9.17, 15) is 29.0 Å². The van der Waals surface area contributed by atoms with Crippen LogP contribution in [0.25, 0.3) is 11.1 Å². The summed E-state index contributed by atoms with van der Waals surface area (Å²) < 4.78 is 28.6. The third-order valence-electron chi connectivity index (χ3n) is 10.9. The number of rotatable bonds is 9. The van der Waals surface area contributed by atoms with Crippen molar-refractivity contribution in [3.63, 3.8) is 0 Å². The average molecular weight is 704 g/mol. The molecule has 3 aromatic rings.